The Morgan fingerprint density at radius 1 is 1.44 bits per heavy atom. The van der Waals surface area contributed by atoms with Crippen LogP contribution in [-0.4, -0.2) is 38.1 Å². The fraction of sp³-hybridized carbons (Fsp3) is 0.400. The molecule has 0 aliphatic carbocycles. The van der Waals surface area contributed by atoms with Crippen LogP contribution >= 0.6 is 11.8 Å². The van der Waals surface area contributed by atoms with E-state index in [-0.39, 0.29) is 12.6 Å². The van der Waals surface area contributed by atoms with E-state index < -0.39 is 0 Å². The summed E-state index contributed by atoms with van der Waals surface area (Å²) in [6.07, 6.45) is 2.70. The van der Waals surface area contributed by atoms with Crippen LogP contribution in [0.1, 0.15) is 6.42 Å². The maximum Gasteiger partial charge on any atom is 0.195 e. The van der Waals surface area contributed by atoms with E-state index in [0.717, 1.165) is 23.0 Å². The Labute approximate surface area is 97.7 Å². The van der Waals surface area contributed by atoms with E-state index in [1.54, 1.807) is 11.8 Å². The number of nitrogens with zero attached hydrogens (tertiary/aromatic N) is 3. The van der Waals surface area contributed by atoms with Crippen molar-refractivity contribution >= 4 is 17.4 Å². The monoisotopic (exact) mass is 238 g/mol. The minimum absolute atomic E-state index is 0.0289. The van der Waals surface area contributed by atoms with Gasteiger partial charge in [-0.25, -0.2) is 0 Å². The van der Waals surface area contributed by atoms with E-state index >= 15 is 0 Å². The topological polar surface area (TPSA) is 76.4 Å². The van der Waals surface area contributed by atoms with Crippen LogP contribution in [0.15, 0.2) is 29.6 Å². The largest absolute Gasteiger partial charge is 0.395 e. The van der Waals surface area contributed by atoms with Gasteiger partial charge in [0.1, 0.15) is 0 Å². The quantitative estimate of drug-likeness (QED) is 0.743. The van der Waals surface area contributed by atoms with Gasteiger partial charge in [0.2, 0.25) is 0 Å². The number of rotatable bonds is 5. The second-order valence-corrected chi connectivity index (χ2v) is 4.55. The zero-order valence-corrected chi connectivity index (χ0v) is 9.60. The Hall–Kier alpha value is -1.11. The van der Waals surface area contributed by atoms with E-state index in [0.29, 0.717) is 0 Å². The van der Waals surface area contributed by atoms with E-state index in [2.05, 4.69) is 10.2 Å². The van der Waals surface area contributed by atoms with Gasteiger partial charge < -0.3 is 10.8 Å². The van der Waals surface area contributed by atoms with Crippen molar-refractivity contribution in [3.8, 4) is 0 Å². The molecule has 0 saturated heterocycles. The highest BCUT2D eigenvalue weighted by Gasteiger charge is 2.06. The smallest absolute Gasteiger partial charge is 0.195 e. The summed E-state index contributed by atoms with van der Waals surface area (Å²) in [5.74, 6) is 0.831. The molecule has 0 aliphatic rings. The second kappa shape index (κ2) is 5.29. The lowest BCUT2D eigenvalue weighted by Gasteiger charge is -2.05. The standard InChI is InChI=1S/C10H14N4OS/c11-8(7-15)4-6-16-10-13-12-9-3-1-2-5-14(9)10/h1-3,5,8,15H,4,6-7,11H2. The third kappa shape index (κ3) is 2.52. The second-order valence-electron chi connectivity index (χ2n) is 3.49. The Morgan fingerprint density at radius 3 is 3.12 bits per heavy atom. The SMILES string of the molecule is NC(CO)CCSc1nnc2ccccn12. The number of thioether (sulfide) groups is 1. The lowest BCUT2D eigenvalue weighted by atomic mass is 10.3. The molecule has 0 bridgehead atoms. The van der Waals surface area contributed by atoms with Crippen LogP contribution in [-0.2, 0) is 0 Å². The van der Waals surface area contributed by atoms with Crippen LogP contribution in [0, 0.1) is 0 Å². The molecule has 86 valence electrons. The van der Waals surface area contributed by atoms with E-state index in [1.165, 1.54) is 0 Å². The minimum atomic E-state index is -0.147. The summed E-state index contributed by atoms with van der Waals surface area (Å²) in [6.45, 7) is 0.0289. The summed E-state index contributed by atoms with van der Waals surface area (Å²) in [6, 6.07) is 5.64. The molecule has 2 heterocycles. The first kappa shape index (κ1) is 11.4. The first-order valence-electron chi connectivity index (χ1n) is 5.10. The number of aliphatic hydroxyl groups is 1. The fourth-order valence-corrected chi connectivity index (χ4v) is 2.31. The van der Waals surface area contributed by atoms with Crippen LogP contribution in [0.25, 0.3) is 5.65 Å². The van der Waals surface area contributed by atoms with Gasteiger partial charge in [-0.2, -0.15) is 0 Å². The number of pyridine rings is 1. The van der Waals surface area contributed by atoms with Gasteiger partial charge in [0.05, 0.1) is 6.61 Å². The number of nitrogens with two attached hydrogens (primary N) is 1. The van der Waals surface area contributed by atoms with Gasteiger partial charge in [0.15, 0.2) is 10.8 Å². The molecule has 0 amide bonds. The number of aromatic nitrogens is 3. The van der Waals surface area contributed by atoms with Crippen molar-refractivity contribution in [2.45, 2.75) is 17.6 Å². The molecule has 0 spiro atoms. The van der Waals surface area contributed by atoms with Crippen molar-refractivity contribution in [1.29, 1.82) is 0 Å². The van der Waals surface area contributed by atoms with Crippen LogP contribution < -0.4 is 5.73 Å². The predicted octanol–water partition coefficient (Wildman–Crippen LogP) is 0.531. The van der Waals surface area contributed by atoms with Gasteiger partial charge in [0.25, 0.3) is 0 Å². The molecular weight excluding hydrogens is 224 g/mol. The molecule has 2 rings (SSSR count). The number of fused-ring (bicyclic) bond motifs is 1. The van der Waals surface area contributed by atoms with E-state index in [1.807, 2.05) is 28.8 Å². The first-order valence-corrected chi connectivity index (χ1v) is 6.09. The lowest BCUT2D eigenvalue weighted by molar-refractivity contribution is 0.264. The summed E-state index contributed by atoms with van der Waals surface area (Å²) in [7, 11) is 0. The molecule has 16 heavy (non-hydrogen) atoms. The third-order valence-electron chi connectivity index (χ3n) is 2.24. The molecule has 0 fully saturated rings. The summed E-state index contributed by atoms with van der Waals surface area (Å²) in [4.78, 5) is 0. The zero-order chi connectivity index (χ0) is 11.4. The van der Waals surface area contributed by atoms with Crippen molar-refractivity contribution in [3.05, 3.63) is 24.4 Å². The summed E-state index contributed by atoms with van der Waals surface area (Å²) < 4.78 is 1.94. The first-order chi connectivity index (χ1) is 7.81. The van der Waals surface area contributed by atoms with Gasteiger partial charge in [-0.15, -0.1) is 10.2 Å². The van der Waals surface area contributed by atoms with Crippen molar-refractivity contribution in [2.24, 2.45) is 5.73 Å². The molecular formula is C10H14N4OS. The van der Waals surface area contributed by atoms with Crippen molar-refractivity contribution < 1.29 is 5.11 Å². The maximum absolute atomic E-state index is 8.80. The average Bonchev–Trinajstić information content (AvgIpc) is 2.73. The summed E-state index contributed by atoms with van der Waals surface area (Å²) in [5.41, 5.74) is 6.46. The van der Waals surface area contributed by atoms with Gasteiger partial charge >= 0.3 is 0 Å². The minimum Gasteiger partial charge on any atom is -0.395 e. The van der Waals surface area contributed by atoms with Crippen molar-refractivity contribution in [3.63, 3.8) is 0 Å². The lowest BCUT2D eigenvalue weighted by Crippen LogP contribution is -2.24. The summed E-state index contributed by atoms with van der Waals surface area (Å²) in [5, 5.41) is 17.8. The Balaban J connectivity index is 1.99. The van der Waals surface area contributed by atoms with Gasteiger partial charge in [0, 0.05) is 18.0 Å². The van der Waals surface area contributed by atoms with Crippen LogP contribution in [0.4, 0.5) is 0 Å². The molecule has 0 aromatic carbocycles. The Kier molecular flexibility index (Phi) is 3.76. The molecule has 0 saturated carbocycles. The normalized spacial score (nSPS) is 13.1. The highest BCUT2D eigenvalue weighted by molar-refractivity contribution is 7.99. The fourth-order valence-electron chi connectivity index (χ4n) is 1.31. The van der Waals surface area contributed by atoms with Gasteiger partial charge in [-0.05, 0) is 18.6 Å². The third-order valence-corrected chi connectivity index (χ3v) is 3.21. The molecule has 6 heteroatoms. The van der Waals surface area contributed by atoms with Crippen molar-refractivity contribution in [1.82, 2.24) is 14.6 Å². The van der Waals surface area contributed by atoms with E-state index in [4.69, 9.17) is 10.8 Å². The molecule has 3 N–H and O–H groups in total. The maximum atomic E-state index is 8.80. The van der Waals surface area contributed by atoms with E-state index in [9.17, 15) is 0 Å². The van der Waals surface area contributed by atoms with Crippen LogP contribution in [0.3, 0.4) is 0 Å². The van der Waals surface area contributed by atoms with Gasteiger partial charge in [-0.1, -0.05) is 17.8 Å². The molecule has 5 nitrogen and oxygen atoms in total. The highest BCUT2D eigenvalue weighted by atomic mass is 32.2. The Morgan fingerprint density at radius 2 is 2.31 bits per heavy atom. The number of hydrogen-bond acceptors (Lipinski definition) is 5. The van der Waals surface area contributed by atoms with Gasteiger partial charge in [-0.3, -0.25) is 4.40 Å². The Bertz CT molecular complexity index is 459. The molecule has 0 aliphatic heterocycles. The van der Waals surface area contributed by atoms with Crippen molar-refractivity contribution in [2.75, 3.05) is 12.4 Å². The number of aliphatic hydroxyl groups excluding tert-OH is 1. The van der Waals surface area contributed by atoms with Crippen LogP contribution in [0.2, 0.25) is 0 Å². The predicted molar refractivity (Wildman–Crippen MR) is 63.4 cm³/mol. The summed E-state index contributed by atoms with van der Waals surface area (Å²) >= 11 is 1.60. The average molecular weight is 238 g/mol. The molecule has 2 aromatic rings. The molecule has 0 radical (unpaired) electrons. The molecule has 1 atom stereocenters. The number of hydrogen-bond donors (Lipinski definition) is 2. The highest BCUT2D eigenvalue weighted by Crippen LogP contribution is 2.17. The molecule has 1 unspecified atom stereocenters. The van der Waals surface area contributed by atoms with Crippen LogP contribution in [0.5, 0.6) is 0 Å². The zero-order valence-electron chi connectivity index (χ0n) is 8.78. The molecule has 2 aromatic heterocycles.